The number of unbranched alkanes of at least 4 members (excludes halogenated alkanes) is 1. The third kappa shape index (κ3) is 21.2. The summed E-state index contributed by atoms with van der Waals surface area (Å²) in [5.74, 6) is -2.52. The number of nitrogens with one attached hydrogen (secondary N) is 3. The smallest absolute Gasteiger partial charge is 0.407 e. The number of rotatable bonds is 17. The maximum absolute atomic E-state index is 13.3. The van der Waals surface area contributed by atoms with Gasteiger partial charge in [-0.15, -0.1) is 0 Å². The Balaban J connectivity index is 5.38. The third-order valence-corrected chi connectivity index (χ3v) is 5.26. The average molecular weight is 615 g/mol. The van der Waals surface area contributed by atoms with Crippen molar-refractivity contribution >= 4 is 29.8 Å². The van der Waals surface area contributed by atoms with Gasteiger partial charge in [-0.05, 0) is 88.0 Å². The predicted molar refractivity (Wildman–Crippen MR) is 162 cm³/mol. The molecule has 13 nitrogen and oxygen atoms in total. The van der Waals surface area contributed by atoms with Crippen molar-refractivity contribution in [3.05, 3.63) is 12.7 Å². The first kappa shape index (κ1) is 39.8. The molecule has 0 unspecified atom stereocenters. The molecule has 0 bridgehead atoms. The van der Waals surface area contributed by atoms with Gasteiger partial charge in [0, 0.05) is 13.0 Å². The quantitative estimate of drug-likeness (QED) is 0.0822. The number of nitrogens with two attached hydrogens (primary N) is 1. The maximum atomic E-state index is 13.3. The van der Waals surface area contributed by atoms with Crippen molar-refractivity contribution in [1.29, 1.82) is 0 Å². The second kappa shape index (κ2) is 18.5. The Bertz CT molecular complexity index is 933. The molecular weight excluding hydrogens is 560 g/mol. The lowest BCUT2D eigenvalue weighted by atomic mass is 10.1. The molecule has 0 aliphatic heterocycles. The van der Waals surface area contributed by atoms with Crippen LogP contribution < -0.4 is 21.7 Å². The van der Waals surface area contributed by atoms with Gasteiger partial charge in [-0.2, -0.15) is 0 Å². The van der Waals surface area contributed by atoms with Gasteiger partial charge in [0.05, 0.1) is 18.2 Å². The summed E-state index contributed by atoms with van der Waals surface area (Å²) >= 11 is 0. The van der Waals surface area contributed by atoms with E-state index >= 15 is 0 Å². The molecule has 13 heteroatoms. The lowest BCUT2D eigenvalue weighted by Crippen LogP contribution is -2.56. The van der Waals surface area contributed by atoms with Gasteiger partial charge in [-0.3, -0.25) is 14.4 Å². The Labute approximate surface area is 256 Å². The largest absolute Gasteiger partial charge is 0.460 e. The topological polar surface area (TPSA) is 184 Å². The molecule has 3 atom stereocenters. The van der Waals surface area contributed by atoms with E-state index in [1.54, 1.807) is 62.3 Å². The SMILES string of the molecule is C=CCOC(=O)[C@H](CCCCNC(=O)OC(C)(C)C)NC(=O)[C@H](COC(C)(C)C)NC(=O)[C@@H](N)CCC(=O)OC(C)(C)C. The molecule has 0 heterocycles. The fourth-order valence-electron chi connectivity index (χ4n) is 3.33. The summed E-state index contributed by atoms with van der Waals surface area (Å²) in [4.78, 5) is 62.8. The summed E-state index contributed by atoms with van der Waals surface area (Å²) in [5.41, 5.74) is 4.07. The van der Waals surface area contributed by atoms with Crippen molar-refractivity contribution in [2.24, 2.45) is 5.73 Å². The summed E-state index contributed by atoms with van der Waals surface area (Å²) in [6.07, 6.45) is 1.93. The van der Waals surface area contributed by atoms with Gasteiger partial charge >= 0.3 is 18.0 Å². The molecule has 0 saturated carbocycles. The van der Waals surface area contributed by atoms with E-state index in [0.717, 1.165) is 0 Å². The highest BCUT2D eigenvalue weighted by Gasteiger charge is 2.30. The molecule has 0 spiro atoms. The molecular formula is C30H54N4O9. The lowest BCUT2D eigenvalue weighted by Gasteiger charge is -2.27. The van der Waals surface area contributed by atoms with Gasteiger partial charge in [0.1, 0.15) is 29.9 Å². The highest BCUT2D eigenvalue weighted by Crippen LogP contribution is 2.12. The first-order valence-corrected chi connectivity index (χ1v) is 14.6. The lowest BCUT2D eigenvalue weighted by molar-refractivity contribution is -0.155. The van der Waals surface area contributed by atoms with Crippen molar-refractivity contribution < 1.29 is 42.9 Å². The number of hydrogen-bond donors (Lipinski definition) is 4. The zero-order chi connectivity index (χ0) is 33.4. The fraction of sp³-hybridized carbons (Fsp3) is 0.767. The van der Waals surface area contributed by atoms with Gasteiger partial charge in [0.25, 0.3) is 0 Å². The van der Waals surface area contributed by atoms with Crippen LogP contribution in [0.2, 0.25) is 0 Å². The molecule has 3 amide bonds. The summed E-state index contributed by atoms with van der Waals surface area (Å²) in [6.45, 7) is 19.4. The molecule has 248 valence electrons. The normalized spacial score (nSPS) is 14.0. The van der Waals surface area contributed by atoms with Crippen LogP contribution in [-0.2, 0) is 38.1 Å². The van der Waals surface area contributed by atoms with Crippen molar-refractivity contribution in [3.63, 3.8) is 0 Å². The minimum Gasteiger partial charge on any atom is -0.460 e. The van der Waals surface area contributed by atoms with Gasteiger partial charge < -0.3 is 40.6 Å². The minimum absolute atomic E-state index is 0.00302. The molecule has 0 saturated heterocycles. The third-order valence-electron chi connectivity index (χ3n) is 5.26. The highest BCUT2D eigenvalue weighted by atomic mass is 16.6. The van der Waals surface area contributed by atoms with Crippen LogP contribution in [0.15, 0.2) is 12.7 Å². The van der Waals surface area contributed by atoms with Crippen LogP contribution >= 0.6 is 0 Å². The van der Waals surface area contributed by atoms with Crippen LogP contribution in [0.1, 0.15) is 94.4 Å². The molecule has 0 rings (SSSR count). The summed E-state index contributed by atoms with van der Waals surface area (Å²) < 4.78 is 21.4. The van der Waals surface area contributed by atoms with Crippen molar-refractivity contribution in [2.75, 3.05) is 19.8 Å². The van der Waals surface area contributed by atoms with Crippen LogP contribution in [0.3, 0.4) is 0 Å². The van der Waals surface area contributed by atoms with E-state index < -0.39 is 64.8 Å². The van der Waals surface area contributed by atoms with E-state index in [0.29, 0.717) is 19.4 Å². The summed E-state index contributed by atoms with van der Waals surface area (Å²) in [5, 5.41) is 7.86. The molecule has 0 aliphatic carbocycles. The van der Waals surface area contributed by atoms with Crippen LogP contribution in [0.5, 0.6) is 0 Å². The van der Waals surface area contributed by atoms with Gasteiger partial charge in [-0.1, -0.05) is 12.7 Å². The van der Waals surface area contributed by atoms with E-state index in [9.17, 15) is 24.0 Å². The van der Waals surface area contributed by atoms with Crippen molar-refractivity contribution in [1.82, 2.24) is 16.0 Å². The molecule has 0 aromatic heterocycles. The minimum atomic E-state index is -1.19. The number of alkyl carbamates (subject to hydrolysis) is 1. The van der Waals surface area contributed by atoms with Gasteiger partial charge in [-0.25, -0.2) is 9.59 Å². The van der Waals surface area contributed by atoms with Crippen LogP contribution in [-0.4, -0.2) is 84.5 Å². The first-order chi connectivity index (χ1) is 19.6. The monoisotopic (exact) mass is 614 g/mol. The van der Waals surface area contributed by atoms with Crippen molar-refractivity contribution in [2.45, 2.75) is 129 Å². The van der Waals surface area contributed by atoms with Crippen LogP contribution in [0.4, 0.5) is 4.79 Å². The molecule has 0 radical (unpaired) electrons. The molecule has 0 aliphatic rings. The zero-order valence-electron chi connectivity index (χ0n) is 27.4. The standard InChI is InChI=1S/C30H54N4O9/c1-11-18-40-26(38)21(14-12-13-17-32-27(39)43-30(8,9)10)33-25(37)22(19-41-28(2,3)4)34-24(36)20(31)15-16-23(35)42-29(5,6)7/h11,20-22H,1,12-19,31H2,2-10H3,(H,32,39)(H,33,37)(H,34,36)/t20-,21-,22-/m0/s1. The van der Waals surface area contributed by atoms with E-state index in [4.69, 9.17) is 24.7 Å². The van der Waals surface area contributed by atoms with Gasteiger partial charge in [0.15, 0.2) is 0 Å². The molecule has 5 N–H and O–H groups in total. The Kier molecular flexibility index (Phi) is 17.1. The molecule has 0 aromatic rings. The predicted octanol–water partition coefficient (Wildman–Crippen LogP) is 2.64. The first-order valence-electron chi connectivity index (χ1n) is 14.6. The second-order valence-corrected chi connectivity index (χ2v) is 13.1. The summed E-state index contributed by atoms with van der Waals surface area (Å²) in [6, 6.07) is -3.32. The number of ether oxygens (including phenoxy) is 4. The van der Waals surface area contributed by atoms with Crippen LogP contribution in [0.25, 0.3) is 0 Å². The van der Waals surface area contributed by atoms with Crippen LogP contribution in [0, 0.1) is 0 Å². The van der Waals surface area contributed by atoms with E-state index in [1.807, 2.05) is 0 Å². The molecule has 0 aromatic carbocycles. The maximum Gasteiger partial charge on any atom is 0.407 e. The fourth-order valence-corrected chi connectivity index (χ4v) is 3.33. The Morgan fingerprint density at radius 1 is 0.791 bits per heavy atom. The van der Waals surface area contributed by atoms with Crippen molar-refractivity contribution in [3.8, 4) is 0 Å². The molecule has 43 heavy (non-hydrogen) atoms. The average Bonchev–Trinajstić information content (AvgIpc) is 2.84. The number of carbonyl (C=O) groups excluding carboxylic acids is 5. The van der Waals surface area contributed by atoms with Gasteiger partial charge in [0.2, 0.25) is 11.8 Å². The van der Waals surface area contributed by atoms with E-state index in [-0.39, 0.29) is 32.5 Å². The zero-order valence-corrected chi connectivity index (χ0v) is 27.4. The number of hydrogen-bond acceptors (Lipinski definition) is 10. The molecule has 0 fully saturated rings. The Morgan fingerprint density at radius 2 is 1.37 bits per heavy atom. The summed E-state index contributed by atoms with van der Waals surface area (Å²) in [7, 11) is 0. The number of carbonyl (C=O) groups is 5. The Hall–Kier alpha value is -3.19. The Morgan fingerprint density at radius 3 is 1.91 bits per heavy atom. The van der Waals surface area contributed by atoms with E-state index in [2.05, 4.69) is 22.5 Å². The number of amides is 3. The second-order valence-electron chi connectivity index (χ2n) is 13.1. The number of esters is 2. The highest BCUT2D eigenvalue weighted by molar-refractivity contribution is 5.92. The van der Waals surface area contributed by atoms with E-state index in [1.165, 1.54) is 6.08 Å².